The quantitative estimate of drug-likeness (QED) is 0.620. The third-order valence-corrected chi connectivity index (χ3v) is 5.61. The fourth-order valence-corrected chi connectivity index (χ4v) is 3.78. The molecule has 1 saturated carbocycles. The first-order valence-corrected chi connectivity index (χ1v) is 9.82. The van der Waals surface area contributed by atoms with Gasteiger partial charge in [-0.1, -0.05) is 50.6 Å². The molecule has 4 nitrogen and oxygen atoms in total. The predicted molar refractivity (Wildman–Crippen MR) is 103 cm³/mol. The fraction of sp³-hybridized carbons (Fsp3) is 0.667. The summed E-state index contributed by atoms with van der Waals surface area (Å²) in [5.41, 5.74) is 1.07. The molecule has 1 aliphatic carbocycles. The standard InChI is InChI=1S/C21H34N2O2/c1-4-23(5-2)19(18-11-8-7-9-12-18)17-22-20(24)21(13-10-14-21)15-16-25-6-3/h7-9,11-12,19H,4-6,10,13-17H2,1-3H3,(H,22,24). The Balaban J connectivity index is 2.00. The number of carbonyl (C=O) groups is 1. The number of benzene rings is 1. The van der Waals surface area contributed by atoms with Crippen LogP contribution in [-0.2, 0) is 9.53 Å². The van der Waals surface area contributed by atoms with Crippen LogP contribution in [0.5, 0.6) is 0 Å². The third kappa shape index (κ3) is 5.05. The Kier molecular flexibility index (Phi) is 7.91. The molecule has 1 atom stereocenters. The fourth-order valence-electron chi connectivity index (χ4n) is 3.78. The maximum Gasteiger partial charge on any atom is 0.226 e. The second-order valence-electron chi connectivity index (χ2n) is 6.94. The van der Waals surface area contributed by atoms with E-state index in [0.29, 0.717) is 13.2 Å². The van der Waals surface area contributed by atoms with Crippen LogP contribution in [0.3, 0.4) is 0 Å². The van der Waals surface area contributed by atoms with Gasteiger partial charge in [0.2, 0.25) is 5.91 Å². The molecule has 1 aromatic carbocycles. The second-order valence-corrected chi connectivity index (χ2v) is 6.94. The molecule has 0 saturated heterocycles. The van der Waals surface area contributed by atoms with Crippen molar-refractivity contribution < 1.29 is 9.53 Å². The van der Waals surface area contributed by atoms with Crippen LogP contribution >= 0.6 is 0 Å². The molecule has 0 bridgehead atoms. The van der Waals surface area contributed by atoms with Gasteiger partial charge in [0.05, 0.1) is 11.5 Å². The summed E-state index contributed by atoms with van der Waals surface area (Å²) in [5, 5.41) is 3.26. The first-order chi connectivity index (χ1) is 12.2. The molecule has 25 heavy (non-hydrogen) atoms. The molecule has 1 N–H and O–H groups in total. The highest BCUT2D eigenvalue weighted by Crippen LogP contribution is 2.44. The highest BCUT2D eigenvalue weighted by Gasteiger charge is 2.43. The van der Waals surface area contributed by atoms with Crippen molar-refractivity contribution in [3.63, 3.8) is 0 Å². The molecule has 1 aliphatic rings. The number of amides is 1. The minimum absolute atomic E-state index is 0.195. The summed E-state index contributed by atoms with van der Waals surface area (Å²) >= 11 is 0. The normalized spacial score (nSPS) is 17.1. The summed E-state index contributed by atoms with van der Waals surface area (Å²) in [7, 11) is 0. The number of rotatable bonds is 11. The molecule has 2 rings (SSSR count). The molecule has 140 valence electrons. The monoisotopic (exact) mass is 346 g/mol. The number of likely N-dealkylation sites (N-methyl/N-ethyl adjacent to an activating group) is 1. The van der Waals surface area contributed by atoms with Gasteiger partial charge in [-0.15, -0.1) is 0 Å². The molecule has 0 aliphatic heterocycles. The van der Waals surface area contributed by atoms with Crippen LogP contribution in [0.2, 0.25) is 0 Å². The van der Waals surface area contributed by atoms with Crippen molar-refractivity contribution in [2.75, 3.05) is 32.8 Å². The first-order valence-electron chi connectivity index (χ1n) is 9.82. The number of nitrogens with one attached hydrogen (secondary N) is 1. The van der Waals surface area contributed by atoms with Gasteiger partial charge >= 0.3 is 0 Å². The van der Waals surface area contributed by atoms with Crippen molar-refractivity contribution in [3.05, 3.63) is 35.9 Å². The van der Waals surface area contributed by atoms with E-state index in [-0.39, 0.29) is 17.4 Å². The minimum Gasteiger partial charge on any atom is -0.382 e. The maximum atomic E-state index is 12.9. The van der Waals surface area contributed by atoms with Gasteiger partial charge in [0.25, 0.3) is 0 Å². The van der Waals surface area contributed by atoms with Gasteiger partial charge in [0.15, 0.2) is 0 Å². The highest BCUT2D eigenvalue weighted by molar-refractivity contribution is 5.83. The van der Waals surface area contributed by atoms with Gasteiger partial charge in [-0.05, 0) is 44.8 Å². The molecular weight excluding hydrogens is 312 g/mol. The van der Waals surface area contributed by atoms with E-state index in [1.807, 2.05) is 13.0 Å². The number of nitrogens with zero attached hydrogens (tertiary/aromatic N) is 1. The average Bonchev–Trinajstić information content (AvgIpc) is 2.61. The third-order valence-electron chi connectivity index (χ3n) is 5.61. The summed E-state index contributed by atoms with van der Waals surface area (Å²) in [6.45, 7) is 10.4. The smallest absolute Gasteiger partial charge is 0.226 e. The zero-order chi connectivity index (χ0) is 18.1. The van der Waals surface area contributed by atoms with E-state index in [1.54, 1.807) is 0 Å². The Morgan fingerprint density at radius 2 is 1.88 bits per heavy atom. The van der Waals surface area contributed by atoms with Crippen LogP contribution < -0.4 is 5.32 Å². The van der Waals surface area contributed by atoms with Crippen LogP contribution in [0.4, 0.5) is 0 Å². The molecule has 1 unspecified atom stereocenters. The predicted octanol–water partition coefficient (Wildman–Crippen LogP) is 3.78. The number of hydrogen-bond donors (Lipinski definition) is 1. The van der Waals surface area contributed by atoms with E-state index in [9.17, 15) is 4.79 Å². The lowest BCUT2D eigenvalue weighted by Crippen LogP contribution is -2.48. The van der Waals surface area contributed by atoms with Crippen molar-refractivity contribution in [2.24, 2.45) is 5.41 Å². The van der Waals surface area contributed by atoms with Crippen molar-refractivity contribution in [3.8, 4) is 0 Å². The Morgan fingerprint density at radius 3 is 2.40 bits per heavy atom. The van der Waals surface area contributed by atoms with Gasteiger partial charge < -0.3 is 10.1 Å². The van der Waals surface area contributed by atoms with Crippen molar-refractivity contribution in [1.29, 1.82) is 0 Å². The Bertz CT molecular complexity index is 510. The van der Waals surface area contributed by atoms with Gasteiger partial charge in [0, 0.05) is 19.8 Å². The summed E-state index contributed by atoms with van der Waals surface area (Å²) in [4.78, 5) is 15.3. The number of hydrogen-bond acceptors (Lipinski definition) is 3. The van der Waals surface area contributed by atoms with E-state index in [0.717, 1.165) is 45.4 Å². The maximum absolute atomic E-state index is 12.9. The van der Waals surface area contributed by atoms with Gasteiger partial charge in [0.1, 0.15) is 0 Å². The average molecular weight is 347 g/mol. The van der Waals surface area contributed by atoms with Crippen molar-refractivity contribution >= 4 is 5.91 Å². The lowest BCUT2D eigenvalue weighted by atomic mass is 9.66. The summed E-state index contributed by atoms with van der Waals surface area (Å²) in [6.07, 6.45) is 3.98. The number of ether oxygens (including phenoxy) is 1. The van der Waals surface area contributed by atoms with E-state index >= 15 is 0 Å². The zero-order valence-corrected chi connectivity index (χ0v) is 16.1. The lowest BCUT2D eigenvalue weighted by molar-refractivity contribution is -0.138. The van der Waals surface area contributed by atoms with E-state index < -0.39 is 0 Å². The van der Waals surface area contributed by atoms with Gasteiger partial charge in [-0.2, -0.15) is 0 Å². The molecular formula is C21H34N2O2. The topological polar surface area (TPSA) is 41.6 Å². The molecule has 4 heteroatoms. The first kappa shape index (κ1) is 19.9. The molecule has 1 aromatic rings. The Morgan fingerprint density at radius 1 is 1.20 bits per heavy atom. The van der Waals surface area contributed by atoms with Crippen molar-refractivity contribution in [1.82, 2.24) is 10.2 Å². The number of carbonyl (C=O) groups excluding carboxylic acids is 1. The summed E-state index contributed by atoms with van der Waals surface area (Å²) < 4.78 is 5.49. The van der Waals surface area contributed by atoms with Gasteiger partial charge in [-0.25, -0.2) is 0 Å². The van der Waals surface area contributed by atoms with Crippen LogP contribution in [-0.4, -0.2) is 43.7 Å². The Hall–Kier alpha value is -1.39. The van der Waals surface area contributed by atoms with Crippen LogP contribution in [0.25, 0.3) is 0 Å². The zero-order valence-electron chi connectivity index (χ0n) is 16.1. The van der Waals surface area contributed by atoms with Gasteiger partial charge in [-0.3, -0.25) is 9.69 Å². The summed E-state index contributed by atoms with van der Waals surface area (Å²) in [5.74, 6) is 0.214. The lowest BCUT2D eigenvalue weighted by Gasteiger charge is -2.41. The van der Waals surface area contributed by atoms with Crippen LogP contribution in [0.15, 0.2) is 30.3 Å². The van der Waals surface area contributed by atoms with E-state index in [2.05, 4.69) is 48.3 Å². The molecule has 1 amide bonds. The van der Waals surface area contributed by atoms with E-state index in [4.69, 9.17) is 4.74 Å². The minimum atomic E-state index is -0.195. The molecule has 1 fully saturated rings. The van der Waals surface area contributed by atoms with E-state index in [1.165, 1.54) is 5.56 Å². The Labute approximate surface area is 152 Å². The van der Waals surface area contributed by atoms with Crippen LogP contribution in [0, 0.1) is 5.41 Å². The highest BCUT2D eigenvalue weighted by atomic mass is 16.5. The molecule has 0 radical (unpaired) electrons. The second kappa shape index (κ2) is 9.93. The molecule has 0 aromatic heterocycles. The van der Waals surface area contributed by atoms with Crippen LogP contribution in [0.1, 0.15) is 58.1 Å². The SMILES string of the molecule is CCOCCC1(C(=O)NCC(c2ccccc2)N(CC)CC)CCC1. The molecule has 0 spiro atoms. The largest absolute Gasteiger partial charge is 0.382 e. The van der Waals surface area contributed by atoms with Crippen molar-refractivity contribution in [2.45, 2.75) is 52.5 Å². The summed E-state index contributed by atoms with van der Waals surface area (Å²) in [6, 6.07) is 10.7. The molecule has 0 heterocycles.